The predicted octanol–water partition coefficient (Wildman–Crippen LogP) is 3.29. The van der Waals surface area contributed by atoms with Crippen LogP contribution in [0.3, 0.4) is 0 Å². The zero-order valence-corrected chi connectivity index (χ0v) is 13.6. The molecule has 0 saturated carbocycles. The number of methoxy groups -OCH3 is 1. The first-order valence-electron chi connectivity index (χ1n) is 7.37. The van der Waals surface area contributed by atoms with Crippen molar-refractivity contribution in [2.45, 2.75) is 38.9 Å². The van der Waals surface area contributed by atoms with Crippen LogP contribution in [0, 0.1) is 5.82 Å². The van der Waals surface area contributed by atoms with E-state index in [0.717, 1.165) is 16.2 Å². The molecule has 1 heterocycles. The SMILES string of the molecule is COc1ccc2ccc(F)cc2c1B1OC(C)(C)C(C)(C)O1. The Bertz CT molecular complexity index is 711. The van der Waals surface area contributed by atoms with Crippen molar-refractivity contribution in [1.82, 2.24) is 0 Å². The summed E-state index contributed by atoms with van der Waals surface area (Å²) < 4.78 is 31.4. The summed E-state index contributed by atoms with van der Waals surface area (Å²) in [6.45, 7) is 7.97. The van der Waals surface area contributed by atoms with Crippen LogP contribution >= 0.6 is 0 Å². The molecular weight excluding hydrogens is 282 g/mol. The zero-order valence-electron chi connectivity index (χ0n) is 13.6. The molecule has 22 heavy (non-hydrogen) atoms. The Morgan fingerprint density at radius 1 is 1.00 bits per heavy atom. The van der Waals surface area contributed by atoms with Crippen LogP contribution in [0.2, 0.25) is 0 Å². The van der Waals surface area contributed by atoms with E-state index < -0.39 is 18.3 Å². The van der Waals surface area contributed by atoms with Crippen LogP contribution in [0.5, 0.6) is 5.75 Å². The van der Waals surface area contributed by atoms with Gasteiger partial charge in [-0.05, 0) is 56.7 Å². The van der Waals surface area contributed by atoms with Crippen LogP contribution < -0.4 is 10.2 Å². The first-order chi connectivity index (χ1) is 10.2. The van der Waals surface area contributed by atoms with Crippen LogP contribution in [0.4, 0.5) is 4.39 Å². The van der Waals surface area contributed by atoms with Crippen LogP contribution in [-0.4, -0.2) is 25.4 Å². The van der Waals surface area contributed by atoms with Crippen molar-refractivity contribution in [3.05, 3.63) is 36.1 Å². The van der Waals surface area contributed by atoms with E-state index >= 15 is 0 Å². The minimum atomic E-state index is -0.592. The minimum absolute atomic E-state index is 0.293. The minimum Gasteiger partial charge on any atom is -0.497 e. The van der Waals surface area contributed by atoms with E-state index in [9.17, 15) is 4.39 Å². The molecule has 0 radical (unpaired) electrons. The summed E-state index contributed by atoms with van der Waals surface area (Å²) in [5, 5.41) is 1.67. The van der Waals surface area contributed by atoms with E-state index in [1.165, 1.54) is 12.1 Å². The number of halogens is 1. The van der Waals surface area contributed by atoms with Gasteiger partial charge in [0.1, 0.15) is 11.6 Å². The molecule has 1 aliphatic heterocycles. The largest absolute Gasteiger partial charge is 0.499 e. The Balaban J connectivity index is 2.20. The van der Waals surface area contributed by atoms with Gasteiger partial charge in [-0.1, -0.05) is 12.1 Å². The highest BCUT2D eigenvalue weighted by Gasteiger charge is 2.52. The van der Waals surface area contributed by atoms with Crippen molar-refractivity contribution < 1.29 is 18.4 Å². The molecule has 5 heteroatoms. The smallest absolute Gasteiger partial charge is 0.497 e. The molecule has 0 amide bonds. The van der Waals surface area contributed by atoms with Gasteiger partial charge in [0.25, 0.3) is 0 Å². The molecule has 116 valence electrons. The molecule has 1 saturated heterocycles. The van der Waals surface area contributed by atoms with E-state index in [1.807, 2.05) is 39.8 Å². The molecule has 0 atom stereocenters. The fourth-order valence-electron chi connectivity index (χ4n) is 2.68. The van der Waals surface area contributed by atoms with Crippen molar-refractivity contribution in [2.75, 3.05) is 7.11 Å². The van der Waals surface area contributed by atoms with Crippen molar-refractivity contribution in [2.24, 2.45) is 0 Å². The Labute approximate surface area is 130 Å². The molecule has 0 aliphatic carbocycles. The van der Waals surface area contributed by atoms with Crippen LogP contribution in [0.25, 0.3) is 10.8 Å². The van der Waals surface area contributed by atoms with Gasteiger partial charge >= 0.3 is 7.12 Å². The van der Waals surface area contributed by atoms with Crippen molar-refractivity contribution in [3.8, 4) is 5.75 Å². The van der Waals surface area contributed by atoms with E-state index in [-0.39, 0.29) is 5.82 Å². The maximum atomic E-state index is 13.7. The second kappa shape index (κ2) is 4.96. The maximum absolute atomic E-state index is 13.7. The summed E-state index contributed by atoms with van der Waals surface area (Å²) in [6.07, 6.45) is 0. The second-order valence-corrected chi connectivity index (χ2v) is 6.64. The van der Waals surface area contributed by atoms with Crippen molar-refractivity contribution in [1.29, 1.82) is 0 Å². The molecule has 2 aromatic rings. The lowest BCUT2D eigenvalue weighted by molar-refractivity contribution is 0.00578. The highest BCUT2D eigenvalue weighted by atomic mass is 19.1. The molecule has 3 nitrogen and oxygen atoms in total. The van der Waals surface area contributed by atoms with Crippen LogP contribution in [-0.2, 0) is 9.31 Å². The van der Waals surface area contributed by atoms with Crippen molar-refractivity contribution >= 4 is 23.4 Å². The zero-order chi connectivity index (χ0) is 16.1. The normalized spacial score (nSPS) is 19.6. The number of fused-ring (bicyclic) bond motifs is 1. The summed E-state index contributed by atoms with van der Waals surface area (Å²) in [5.74, 6) is 0.343. The highest BCUT2D eigenvalue weighted by Crippen LogP contribution is 2.38. The Morgan fingerprint density at radius 3 is 2.18 bits per heavy atom. The molecule has 0 spiro atoms. The topological polar surface area (TPSA) is 27.7 Å². The molecule has 0 aromatic heterocycles. The van der Waals surface area contributed by atoms with Gasteiger partial charge in [0.05, 0.1) is 18.3 Å². The first kappa shape index (κ1) is 15.3. The van der Waals surface area contributed by atoms with Gasteiger partial charge < -0.3 is 14.0 Å². The summed E-state index contributed by atoms with van der Waals surface area (Å²) in [5.41, 5.74) is -0.186. The Hall–Kier alpha value is -1.59. The molecule has 2 aromatic carbocycles. The predicted molar refractivity (Wildman–Crippen MR) is 86.2 cm³/mol. The summed E-state index contributed by atoms with van der Waals surface area (Å²) in [4.78, 5) is 0. The van der Waals surface area contributed by atoms with Gasteiger partial charge in [0, 0.05) is 5.46 Å². The van der Waals surface area contributed by atoms with Crippen molar-refractivity contribution in [3.63, 3.8) is 0 Å². The third kappa shape index (κ3) is 2.29. The van der Waals surface area contributed by atoms with Gasteiger partial charge in [-0.15, -0.1) is 0 Å². The standard InChI is InChI=1S/C17H20BFO3/c1-16(2)17(3,4)22-18(21-16)15-13-10-12(19)8-6-11(13)7-9-14(15)20-5/h6-10H,1-5H3. The molecule has 1 aliphatic rings. The molecule has 3 rings (SSSR count). The maximum Gasteiger partial charge on any atom is 0.499 e. The van der Waals surface area contributed by atoms with Gasteiger partial charge in [-0.25, -0.2) is 4.39 Å². The number of hydrogen-bond donors (Lipinski definition) is 0. The van der Waals surface area contributed by atoms with E-state index in [2.05, 4.69) is 0 Å². The number of rotatable bonds is 2. The number of benzene rings is 2. The van der Waals surface area contributed by atoms with E-state index in [4.69, 9.17) is 14.0 Å². The molecule has 0 N–H and O–H groups in total. The Kier molecular flexibility index (Phi) is 3.46. The van der Waals surface area contributed by atoms with E-state index in [1.54, 1.807) is 13.2 Å². The molecule has 1 fully saturated rings. The molecule has 0 bridgehead atoms. The van der Waals surface area contributed by atoms with E-state index in [0.29, 0.717) is 5.75 Å². The van der Waals surface area contributed by atoms with Gasteiger partial charge in [-0.3, -0.25) is 0 Å². The monoisotopic (exact) mass is 302 g/mol. The lowest BCUT2D eigenvalue weighted by atomic mass is 9.75. The lowest BCUT2D eigenvalue weighted by Crippen LogP contribution is -2.41. The van der Waals surface area contributed by atoms with Gasteiger partial charge in [-0.2, -0.15) is 0 Å². The fraction of sp³-hybridized carbons (Fsp3) is 0.412. The summed E-state index contributed by atoms with van der Waals surface area (Å²) in [6, 6.07) is 8.46. The molecular formula is C17H20BFO3. The second-order valence-electron chi connectivity index (χ2n) is 6.64. The third-order valence-electron chi connectivity index (χ3n) is 4.69. The average Bonchev–Trinajstić information content (AvgIpc) is 2.65. The lowest BCUT2D eigenvalue weighted by Gasteiger charge is -2.32. The van der Waals surface area contributed by atoms with Gasteiger partial charge in [0.2, 0.25) is 0 Å². The Morgan fingerprint density at radius 2 is 1.59 bits per heavy atom. The van der Waals surface area contributed by atoms with Crippen LogP contribution in [0.15, 0.2) is 30.3 Å². The fourth-order valence-corrected chi connectivity index (χ4v) is 2.68. The number of ether oxygens (including phenoxy) is 1. The number of hydrogen-bond acceptors (Lipinski definition) is 3. The first-order valence-corrected chi connectivity index (χ1v) is 7.37. The summed E-state index contributed by atoms with van der Waals surface area (Å²) >= 11 is 0. The average molecular weight is 302 g/mol. The quantitative estimate of drug-likeness (QED) is 0.797. The molecule has 0 unspecified atom stereocenters. The third-order valence-corrected chi connectivity index (χ3v) is 4.69. The highest BCUT2D eigenvalue weighted by molar-refractivity contribution is 6.66. The van der Waals surface area contributed by atoms with Gasteiger partial charge in [0.15, 0.2) is 0 Å². The van der Waals surface area contributed by atoms with Crippen LogP contribution in [0.1, 0.15) is 27.7 Å². The summed E-state index contributed by atoms with van der Waals surface area (Å²) in [7, 11) is 1.00.